The molecule has 228 valence electrons. The van der Waals surface area contributed by atoms with Gasteiger partial charge < -0.3 is 25.6 Å². The molecular weight excluding hydrogens is 594 g/mol. The molecule has 11 nitrogen and oxygen atoms in total. The Kier molecular flexibility index (Phi) is 11.5. The number of nitrogens with one attached hydrogen (secondary N) is 2. The molecule has 3 aromatic rings. The van der Waals surface area contributed by atoms with Crippen LogP contribution in [0.4, 0.5) is 13.9 Å². The van der Waals surface area contributed by atoms with Gasteiger partial charge in [-0.2, -0.15) is 0 Å². The minimum absolute atomic E-state index is 0.00948. The molecule has 0 saturated carbocycles. The number of rotatable bonds is 14. The summed E-state index contributed by atoms with van der Waals surface area (Å²) >= 11 is 0.884. The molecule has 2 amide bonds. The average Bonchev–Trinajstić information content (AvgIpc) is 3.43. The van der Waals surface area contributed by atoms with E-state index in [2.05, 4.69) is 15.6 Å². The van der Waals surface area contributed by atoms with Gasteiger partial charge >= 0.3 is 0 Å². The summed E-state index contributed by atoms with van der Waals surface area (Å²) in [6.07, 6.45) is -2.69. The minimum Gasteiger partial charge on any atom is -0.388 e. The number of anilines is 1. The van der Waals surface area contributed by atoms with E-state index in [4.69, 9.17) is 4.74 Å². The number of carbonyl (C=O) groups is 2. The van der Waals surface area contributed by atoms with E-state index < -0.39 is 57.8 Å². The number of methoxy groups -OCH3 is 1. The number of aromatic nitrogens is 1. The number of nitrogens with zero attached hydrogens (tertiary/aromatic N) is 2. The number of hydrogen-bond donors (Lipinski definition) is 4. The number of carbonyl (C=O) groups excluding carboxylic acids is 2. The first-order chi connectivity index (χ1) is 19.8. The number of thiazole rings is 1. The normalized spacial score (nSPS) is 14.5. The molecule has 4 unspecified atom stereocenters. The fraction of sp³-hybridized carbons (Fsp3) is 0.370. The molecule has 0 bridgehead atoms. The van der Waals surface area contributed by atoms with E-state index in [0.29, 0.717) is 11.6 Å². The summed E-state index contributed by atoms with van der Waals surface area (Å²) in [7, 11) is -0.966. The van der Waals surface area contributed by atoms with Crippen molar-refractivity contribution in [3.8, 4) is 0 Å². The summed E-state index contributed by atoms with van der Waals surface area (Å²) < 4.78 is 57.6. The lowest BCUT2D eigenvalue weighted by molar-refractivity contribution is -0.0269. The molecule has 4 N–H and O–H groups in total. The smallest absolute Gasteiger partial charge is 0.271 e. The van der Waals surface area contributed by atoms with Crippen molar-refractivity contribution in [2.24, 2.45) is 0 Å². The summed E-state index contributed by atoms with van der Waals surface area (Å²) in [5.41, 5.74) is 0.192. The standard InChI is InChI=1S/C27H32F2N4O7S2/c1-33(42(3,38)39)27-32-22(15-41-27)26(37)31-21(13-16-11-18(28)14-19(29)12-16)24(35)23(34)20(9-10-40-2)30-25(36)17-7-5-4-6-8-17/h4-8,11-12,14-15,20-21,23-24,34-35H,9-10,13H2,1-3H3,(H,30,36)(H,31,37). The van der Waals surface area contributed by atoms with Gasteiger partial charge in [0, 0.05) is 37.8 Å². The summed E-state index contributed by atoms with van der Waals surface area (Å²) in [5.74, 6) is -3.13. The van der Waals surface area contributed by atoms with Crippen LogP contribution < -0.4 is 14.9 Å². The van der Waals surface area contributed by atoms with Crippen molar-refractivity contribution in [3.05, 3.63) is 82.4 Å². The number of hydrogen-bond acceptors (Lipinski definition) is 9. The maximum atomic E-state index is 13.9. The highest BCUT2D eigenvalue weighted by molar-refractivity contribution is 7.92. The molecule has 2 aromatic carbocycles. The Balaban J connectivity index is 1.89. The van der Waals surface area contributed by atoms with E-state index in [1.54, 1.807) is 30.3 Å². The van der Waals surface area contributed by atoms with Crippen LogP contribution in [0.5, 0.6) is 0 Å². The van der Waals surface area contributed by atoms with Crippen molar-refractivity contribution in [3.63, 3.8) is 0 Å². The van der Waals surface area contributed by atoms with Gasteiger partial charge in [-0.1, -0.05) is 18.2 Å². The Bertz CT molecular complexity index is 1450. The van der Waals surface area contributed by atoms with E-state index in [1.807, 2.05) is 0 Å². The van der Waals surface area contributed by atoms with E-state index in [9.17, 15) is 37.0 Å². The number of ether oxygens (including phenoxy) is 1. The molecule has 4 atom stereocenters. The molecule has 42 heavy (non-hydrogen) atoms. The van der Waals surface area contributed by atoms with Crippen molar-refractivity contribution in [1.29, 1.82) is 0 Å². The van der Waals surface area contributed by atoms with Crippen LogP contribution in [0.3, 0.4) is 0 Å². The summed E-state index contributed by atoms with van der Waals surface area (Å²) in [5, 5.41) is 29.0. The van der Waals surface area contributed by atoms with Crippen LogP contribution >= 0.6 is 11.3 Å². The summed E-state index contributed by atoms with van der Waals surface area (Å²) in [4.78, 5) is 30.0. The van der Waals surface area contributed by atoms with Gasteiger partial charge in [0.05, 0.1) is 18.3 Å². The van der Waals surface area contributed by atoms with Crippen molar-refractivity contribution < 1.29 is 41.7 Å². The summed E-state index contributed by atoms with van der Waals surface area (Å²) in [6, 6.07) is 8.49. The van der Waals surface area contributed by atoms with Crippen LogP contribution in [0, 0.1) is 11.6 Å². The van der Waals surface area contributed by atoms with Gasteiger partial charge in [0.15, 0.2) is 5.13 Å². The van der Waals surface area contributed by atoms with Gasteiger partial charge in [-0.3, -0.25) is 9.59 Å². The van der Waals surface area contributed by atoms with Gasteiger partial charge in [-0.15, -0.1) is 11.3 Å². The molecule has 0 fully saturated rings. The molecule has 0 saturated heterocycles. The fourth-order valence-electron chi connectivity index (χ4n) is 4.03. The Labute approximate surface area is 246 Å². The van der Waals surface area contributed by atoms with Gasteiger partial charge in [-0.05, 0) is 42.7 Å². The van der Waals surface area contributed by atoms with Crippen molar-refractivity contribution in [1.82, 2.24) is 15.6 Å². The lowest BCUT2D eigenvalue weighted by atomic mass is 9.92. The summed E-state index contributed by atoms with van der Waals surface area (Å²) in [6.45, 7) is 0.102. The molecule has 1 heterocycles. The van der Waals surface area contributed by atoms with Crippen LogP contribution in [-0.4, -0.2) is 86.7 Å². The second-order valence-electron chi connectivity index (χ2n) is 9.52. The number of halogens is 2. The zero-order valence-electron chi connectivity index (χ0n) is 23.0. The third-order valence-electron chi connectivity index (χ3n) is 6.35. The number of benzene rings is 2. The lowest BCUT2D eigenvalue weighted by Gasteiger charge is -2.33. The first-order valence-electron chi connectivity index (χ1n) is 12.7. The predicted octanol–water partition coefficient (Wildman–Crippen LogP) is 1.72. The number of aliphatic hydroxyl groups excluding tert-OH is 2. The lowest BCUT2D eigenvalue weighted by Crippen LogP contribution is -2.57. The van der Waals surface area contributed by atoms with E-state index in [1.165, 1.54) is 19.5 Å². The molecule has 0 aliphatic heterocycles. The molecule has 0 aliphatic carbocycles. The Morgan fingerprint density at radius 2 is 1.62 bits per heavy atom. The first-order valence-corrected chi connectivity index (χ1v) is 15.4. The fourth-order valence-corrected chi connectivity index (χ4v) is 5.56. The Morgan fingerprint density at radius 1 is 1.02 bits per heavy atom. The van der Waals surface area contributed by atoms with E-state index in [-0.39, 0.29) is 35.8 Å². The highest BCUT2D eigenvalue weighted by Gasteiger charge is 2.35. The predicted molar refractivity (Wildman–Crippen MR) is 153 cm³/mol. The highest BCUT2D eigenvalue weighted by atomic mass is 32.2. The monoisotopic (exact) mass is 626 g/mol. The maximum absolute atomic E-state index is 13.9. The molecule has 0 aliphatic rings. The van der Waals surface area contributed by atoms with Crippen LogP contribution in [0.2, 0.25) is 0 Å². The SMILES string of the molecule is COCCC(NC(=O)c1ccccc1)C(O)C(O)C(Cc1cc(F)cc(F)c1)NC(=O)c1csc(N(C)S(C)(=O)=O)n1. The molecule has 0 spiro atoms. The molecule has 15 heteroatoms. The van der Waals surface area contributed by atoms with Crippen molar-refractivity contribution >= 4 is 38.3 Å². The zero-order valence-corrected chi connectivity index (χ0v) is 24.7. The molecule has 1 aromatic heterocycles. The second kappa shape index (κ2) is 14.6. The van der Waals surface area contributed by atoms with E-state index in [0.717, 1.165) is 34.0 Å². The Morgan fingerprint density at radius 3 is 2.21 bits per heavy atom. The maximum Gasteiger partial charge on any atom is 0.271 e. The zero-order chi connectivity index (χ0) is 31.0. The van der Waals surface area contributed by atoms with Crippen LogP contribution in [0.25, 0.3) is 0 Å². The highest BCUT2D eigenvalue weighted by Crippen LogP contribution is 2.22. The number of sulfonamides is 1. The van der Waals surface area contributed by atoms with Crippen molar-refractivity contribution in [2.45, 2.75) is 37.1 Å². The second-order valence-corrected chi connectivity index (χ2v) is 12.4. The molecule has 0 radical (unpaired) electrons. The van der Waals surface area contributed by atoms with Crippen LogP contribution in [-0.2, 0) is 21.2 Å². The van der Waals surface area contributed by atoms with Crippen LogP contribution in [0.1, 0.15) is 32.8 Å². The molecular formula is C27H32F2N4O7S2. The van der Waals surface area contributed by atoms with Gasteiger partial charge in [0.1, 0.15) is 29.5 Å². The largest absolute Gasteiger partial charge is 0.388 e. The Hall–Kier alpha value is -3.50. The third kappa shape index (κ3) is 9.00. The van der Waals surface area contributed by atoms with Gasteiger partial charge in [0.2, 0.25) is 10.0 Å². The topological polar surface area (TPSA) is 158 Å². The quantitative estimate of drug-likeness (QED) is 0.211. The number of amides is 2. The number of aliphatic hydroxyl groups is 2. The first kappa shape index (κ1) is 33.0. The van der Waals surface area contributed by atoms with Crippen LogP contribution in [0.15, 0.2) is 53.9 Å². The minimum atomic E-state index is -3.65. The van der Waals surface area contributed by atoms with Crippen molar-refractivity contribution in [2.75, 3.05) is 31.3 Å². The van der Waals surface area contributed by atoms with Gasteiger partial charge in [0.25, 0.3) is 11.8 Å². The van der Waals surface area contributed by atoms with E-state index >= 15 is 0 Å². The third-order valence-corrected chi connectivity index (χ3v) is 8.55. The molecule has 3 rings (SSSR count). The van der Waals surface area contributed by atoms with Gasteiger partial charge in [-0.25, -0.2) is 26.5 Å². The average molecular weight is 627 g/mol.